The first-order valence-corrected chi connectivity index (χ1v) is 5.78. The normalized spacial score (nSPS) is 28.5. The molecular formula is C11H19FN2O. The Kier molecular flexibility index (Phi) is 2.96. The van der Waals surface area contributed by atoms with Gasteiger partial charge < -0.3 is 4.90 Å². The van der Waals surface area contributed by atoms with Gasteiger partial charge in [-0.25, -0.2) is 4.39 Å². The number of carbonyl (C=O) groups is 1. The summed E-state index contributed by atoms with van der Waals surface area (Å²) in [5.41, 5.74) is 0. The molecule has 0 aromatic heterocycles. The first kappa shape index (κ1) is 10.9. The summed E-state index contributed by atoms with van der Waals surface area (Å²) < 4.78 is 13.8. The minimum absolute atomic E-state index is 0.0332. The van der Waals surface area contributed by atoms with Crippen LogP contribution in [0.3, 0.4) is 0 Å². The van der Waals surface area contributed by atoms with Crippen molar-refractivity contribution in [3.8, 4) is 0 Å². The summed E-state index contributed by atoms with van der Waals surface area (Å²) in [6, 6.07) is 0.362. The molecule has 1 saturated carbocycles. The summed E-state index contributed by atoms with van der Waals surface area (Å²) in [5, 5.41) is 0. The van der Waals surface area contributed by atoms with E-state index in [0.717, 1.165) is 19.4 Å². The molecule has 15 heavy (non-hydrogen) atoms. The van der Waals surface area contributed by atoms with E-state index >= 15 is 0 Å². The number of alkyl halides is 1. The molecular weight excluding hydrogens is 195 g/mol. The quantitative estimate of drug-likeness (QED) is 0.646. The number of halogens is 1. The van der Waals surface area contributed by atoms with Crippen LogP contribution in [-0.2, 0) is 4.79 Å². The minimum atomic E-state index is -1.10. The topological polar surface area (TPSA) is 23.6 Å². The molecule has 86 valence electrons. The summed E-state index contributed by atoms with van der Waals surface area (Å²) in [4.78, 5) is 15.2. The Morgan fingerprint density at radius 1 is 1.33 bits per heavy atom. The minimum Gasteiger partial charge on any atom is -0.310 e. The molecule has 0 aromatic rings. The van der Waals surface area contributed by atoms with Crippen LogP contribution >= 0.6 is 0 Å². The fourth-order valence-electron chi connectivity index (χ4n) is 2.04. The van der Waals surface area contributed by atoms with E-state index < -0.39 is 6.30 Å². The monoisotopic (exact) mass is 214 g/mol. The molecule has 1 unspecified atom stereocenters. The molecule has 1 heterocycles. The maximum atomic E-state index is 13.8. The summed E-state index contributed by atoms with van der Waals surface area (Å²) in [6.07, 6.45) is 0.806. The van der Waals surface area contributed by atoms with Crippen LogP contribution in [0, 0.1) is 5.92 Å². The molecule has 0 spiro atoms. The van der Waals surface area contributed by atoms with Gasteiger partial charge in [-0.2, -0.15) is 0 Å². The molecule has 0 radical (unpaired) electrons. The summed E-state index contributed by atoms with van der Waals surface area (Å²) in [6.45, 7) is 5.84. The fourth-order valence-corrected chi connectivity index (χ4v) is 2.04. The number of rotatable bonds is 2. The average molecular weight is 214 g/mol. The lowest BCUT2D eigenvalue weighted by Gasteiger charge is -2.39. The van der Waals surface area contributed by atoms with Crippen LogP contribution in [0.1, 0.15) is 26.7 Å². The van der Waals surface area contributed by atoms with E-state index in [9.17, 15) is 9.18 Å². The van der Waals surface area contributed by atoms with Gasteiger partial charge in [-0.05, 0) is 26.7 Å². The van der Waals surface area contributed by atoms with Gasteiger partial charge in [0.25, 0.3) is 0 Å². The molecule has 2 aliphatic rings. The van der Waals surface area contributed by atoms with Gasteiger partial charge in [0, 0.05) is 31.6 Å². The summed E-state index contributed by atoms with van der Waals surface area (Å²) >= 11 is 0. The summed E-state index contributed by atoms with van der Waals surface area (Å²) in [7, 11) is 0. The lowest BCUT2D eigenvalue weighted by molar-refractivity contribution is -0.143. The van der Waals surface area contributed by atoms with E-state index in [4.69, 9.17) is 0 Å². The van der Waals surface area contributed by atoms with Gasteiger partial charge in [-0.3, -0.25) is 9.69 Å². The molecule has 1 atom stereocenters. The predicted octanol–water partition coefficient (Wildman–Crippen LogP) is 1.24. The van der Waals surface area contributed by atoms with Gasteiger partial charge in [0.1, 0.15) is 0 Å². The number of hydrogen-bond donors (Lipinski definition) is 0. The second-order valence-corrected chi connectivity index (χ2v) is 4.83. The number of piperazine rings is 1. The van der Waals surface area contributed by atoms with Crippen molar-refractivity contribution >= 4 is 5.91 Å². The zero-order valence-electron chi connectivity index (χ0n) is 9.45. The van der Waals surface area contributed by atoms with Crippen molar-refractivity contribution in [1.29, 1.82) is 0 Å². The molecule has 0 bridgehead atoms. The number of hydrogen-bond acceptors (Lipinski definition) is 2. The van der Waals surface area contributed by atoms with Gasteiger partial charge >= 0.3 is 0 Å². The highest BCUT2D eigenvalue weighted by Crippen LogP contribution is 2.32. The van der Waals surface area contributed by atoms with Crippen molar-refractivity contribution in [1.82, 2.24) is 9.80 Å². The van der Waals surface area contributed by atoms with Crippen molar-refractivity contribution in [3.05, 3.63) is 0 Å². The lowest BCUT2D eigenvalue weighted by Crippen LogP contribution is -2.55. The van der Waals surface area contributed by atoms with E-state index in [1.54, 1.807) is 0 Å². The van der Waals surface area contributed by atoms with Gasteiger partial charge in [0.2, 0.25) is 5.91 Å². The van der Waals surface area contributed by atoms with Crippen molar-refractivity contribution in [2.24, 2.45) is 5.92 Å². The first-order valence-electron chi connectivity index (χ1n) is 5.78. The van der Waals surface area contributed by atoms with E-state index in [1.807, 2.05) is 0 Å². The fraction of sp³-hybridized carbons (Fsp3) is 0.909. The van der Waals surface area contributed by atoms with Crippen molar-refractivity contribution < 1.29 is 9.18 Å². The van der Waals surface area contributed by atoms with Crippen LogP contribution < -0.4 is 0 Å². The number of nitrogens with zero attached hydrogens (tertiary/aromatic N) is 2. The van der Waals surface area contributed by atoms with Crippen LogP contribution in [0.5, 0.6) is 0 Å². The van der Waals surface area contributed by atoms with Crippen molar-refractivity contribution in [3.63, 3.8) is 0 Å². The molecule has 2 rings (SSSR count). The molecule has 1 aliphatic heterocycles. The van der Waals surface area contributed by atoms with Crippen molar-refractivity contribution in [2.45, 2.75) is 39.0 Å². The Morgan fingerprint density at radius 3 is 2.47 bits per heavy atom. The molecule has 2 fully saturated rings. The Morgan fingerprint density at radius 2 is 2.00 bits per heavy atom. The molecule has 1 saturated heterocycles. The first-order chi connectivity index (χ1) is 7.09. The van der Waals surface area contributed by atoms with E-state index in [-0.39, 0.29) is 11.8 Å². The third kappa shape index (κ3) is 2.30. The molecule has 1 aliphatic carbocycles. The molecule has 0 N–H and O–H groups in total. The van der Waals surface area contributed by atoms with Gasteiger partial charge in [-0.15, -0.1) is 0 Å². The van der Waals surface area contributed by atoms with Gasteiger partial charge in [0.15, 0.2) is 6.30 Å². The highest BCUT2D eigenvalue weighted by molar-refractivity contribution is 5.81. The van der Waals surface area contributed by atoms with Crippen LogP contribution in [-0.4, -0.2) is 47.7 Å². The number of carbonyl (C=O) groups excluding carboxylic acids is 1. The average Bonchev–Trinajstić information content (AvgIpc) is 2.99. The van der Waals surface area contributed by atoms with Gasteiger partial charge in [-0.1, -0.05) is 0 Å². The smallest absolute Gasteiger partial charge is 0.228 e. The van der Waals surface area contributed by atoms with Crippen LogP contribution in [0.25, 0.3) is 0 Å². The Hall–Kier alpha value is -0.640. The molecule has 0 aromatic carbocycles. The maximum absolute atomic E-state index is 13.8. The Balaban J connectivity index is 1.91. The predicted molar refractivity (Wildman–Crippen MR) is 56.0 cm³/mol. The van der Waals surface area contributed by atoms with Gasteiger partial charge in [0.05, 0.1) is 0 Å². The van der Waals surface area contributed by atoms with Crippen molar-refractivity contribution in [2.75, 3.05) is 19.6 Å². The second-order valence-electron chi connectivity index (χ2n) is 4.83. The molecule has 4 heteroatoms. The highest BCUT2D eigenvalue weighted by atomic mass is 19.1. The third-order valence-electron chi connectivity index (χ3n) is 3.29. The van der Waals surface area contributed by atoms with E-state index in [0.29, 0.717) is 19.1 Å². The maximum Gasteiger partial charge on any atom is 0.228 e. The Bertz CT molecular complexity index is 253. The van der Waals surface area contributed by atoms with E-state index in [1.165, 1.54) is 4.90 Å². The lowest BCUT2D eigenvalue weighted by atomic mass is 10.2. The SMILES string of the molecule is CC(C)N1CCN(C(=O)C2CC2)C(F)C1. The standard InChI is InChI=1S/C11H19FN2O/c1-8(2)13-5-6-14(10(12)7-13)11(15)9-3-4-9/h8-10H,3-7H2,1-2H3. The molecule has 3 nitrogen and oxygen atoms in total. The zero-order chi connectivity index (χ0) is 11.0. The summed E-state index contributed by atoms with van der Waals surface area (Å²) in [5.74, 6) is 0.166. The molecule has 1 amide bonds. The third-order valence-corrected chi connectivity index (χ3v) is 3.29. The van der Waals surface area contributed by atoms with Crippen LogP contribution in [0.2, 0.25) is 0 Å². The van der Waals surface area contributed by atoms with E-state index in [2.05, 4.69) is 18.7 Å². The Labute approximate surface area is 90.2 Å². The zero-order valence-corrected chi connectivity index (χ0v) is 9.45. The number of amides is 1. The second kappa shape index (κ2) is 4.08. The van der Waals surface area contributed by atoms with Crippen LogP contribution in [0.15, 0.2) is 0 Å². The largest absolute Gasteiger partial charge is 0.310 e. The van der Waals surface area contributed by atoms with Crippen LogP contribution in [0.4, 0.5) is 4.39 Å². The highest BCUT2D eigenvalue weighted by Gasteiger charge is 2.38.